The zero-order valence-corrected chi connectivity index (χ0v) is 10.5. The highest BCUT2D eigenvalue weighted by atomic mass is 19.1. The zero-order chi connectivity index (χ0) is 13.4. The van der Waals surface area contributed by atoms with Gasteiger partial charge in [0.2, 0.25) is 5.95 Å². The molecule has 0 radical (unpaired) electrons. The van der Waals surface area contributed by atoms with Gasteiger partial charge in [0.05, 0.1) is 6.54 Å². The predicted octanol–water partition coefficient (Wildman–Crippen LogP) is 2.51. The third kappa shape index (κ3) is 2.03. The maximum atomic E-state index is 12.9. The molecule has 0 bridgehead atoms. The van der Waals surface area contributed by atoms with E-state index >= 15 is 0 Å². The molecule has 0 unspecified atom stereocenters. The molecule has 0 aliphatic rings. The van der Waals surface area contributed by atoms with Crippen LogP contribution in [-0.2, 0) is 6.54 Å². The second kappa shape index (κ2) is 4.35. The van der Waals surface area contributed by atoms with Gasteiger partial charge in [0.1, 0.15) is 11.3 Å². The van der Waals surface area contributed by atoms with E-state index in [2.05, 4.69) is 9.97 Å². The number of halogens is 1. The van der Waals surface area contributed by atoms with Crippen LogP contribution in [0.3, 0.4) is 0 Å². The number of fused-ring (bicyclic) bond motifs is 1. The summed E-state index contributed by atoms with van der Waals surface area (Å²) in [5.41, 5.74) is 9.49. The van der Waals surface area contributed by atoms with Gasteiger partial charge in [-0.1, -0.05) is 12.1 Å². The number of hydrogen-bond donors (Lipinski definition) is 1. The van der Waals surface area contributed by atoms with E-state index in [-0.39, 0.29) is 5.82 Å². The normalized spacial score (nSPS) is 11.1. The summed E-state index contributed by atoms with van der Waals surface area (Å²) >= 11 is 0. The van der Waals surface area contributed by atoms with E-state index in [9.17, 15) is 4.39 Å². The van der Waals surface area contributed by atoms with E-state index in [4.69, 9.17) is 5.73 Å². The van der Waals surface area contributed by atoms with Gasteiger partial charge >= 0.3 is 0 Å². The Bertz CT molecular complexity index is 731. The first-order valence-corrected chi connectivity index (χ1v) is 5.97. The lowest BCUT2D eigenvalue weighted by atomic mass is 10.2. The van der Waals surface area contributed by atoms with Crippen LogP contribution in [0.2, 0.25) is 0 Å². The van der Waals surface area contributed by atoms with Crippen molar-refractivity contribution in [3.8, 4) is 0 Å². The van der Waals surface area contributed by atoms with Gasteiger partial charge in [-0.3, -0.25) is 4.57 Å². The van der Waals surface area contributed by atoms with Crippen molar-refractivity contribution in [1.82, 2.24) is 14.5 Å². The van der Waals surface area contributed by atoms with Gasteiger partial charge in [-0.15, -0.1) is 0 Å². The van der Waals surface area contributed by atoms with Gasteiger partial charge < -0.3 is 5.73 Å². The minimum Gasteiger partial charge on any atom is -0.369 e. The van der Waals surface area contributed by atoms with Crippen molar-refractivity contribution >= 4 is 17.1 Å². The summed E-state index contributed by atoms with van der Waals surface area (Å²) in [5.74, 6) is 0.169. The predicted molar refractivity (Wildman–Crippen MR) is 72.2 cm³/mol. The molecule has 2 heterocycles. The lowest BCUT2D eigenvalue weighted by molar-refractivity contribution is 0.626. The SMILES string of the molecule is Cc1ccnc2c1nc(N)n2Cc1ccc(F)cc1. The molecule has 0 aliphatic carbocycles. The van der Waals surface area contributed by atoms with Gasteiger partial charge in [-0.2, -0.15) is 0 Å². The third-order valence-corrected chi connectivity index (χ3v) is 3.12. The largest absolute Gasteiger partial charge is 0.369 e. The van der Waals surface area contributed by atoms with Crippen LogP contribution in [0.5, 0.6) is 0 Å². The number of aryl methyl sites for hydroxylation is 1. The third-order valence-electron chi connectivity index (χ3n) is 3.12. The Balaban J connectivity index is 2.07. The molecule has 4 nitrogen and oxygen atoms in total. The monoisotopic (exact) mass is 256 g/mol. The number of aromatic nitrogens is 3. The van der Waals surface area contributed by atoms with E-state index in [1.54, 1.807) is 18.3 Å². The molecule has 1 aromatic carbocycles. The minimum atomic E-state index is -0.249. The van der Waals surface area contributed by atoms with Crippen LogP contribution in [0.25, 0.3) is 11.2 Å². The maximum absolute atomic E-state index is 12.9. The van der Waals surface area contributed by atoms with Crippen molar-refractivity contribution in [1.29, 1.82) is 0 Å². The minimum absolute atomic E-state index is 0.249. The first kappa shape index (κ1) is 11.6. The highest BCUT2D eigenvalue weighted by Crippen LogP contribution is 2.20. The Labute approximate surface area is 109 Å². The standard InChI is InChI=1S/C14H13FN4/c1-9-6-7-17-13-12(9)18-14(16)19(13)8-10-2-4-11(15)5-3-10/h2-7H,8H2,1H3,(H2,16,18). The van der Waals surface area contributed by atoms with E-state index in [1.807, 2.05) is 17.6 Å². The molecule has 0 atom stereocenters. The summed E-state index contributed by atoms with van der Waals surface area (Å²) in [6.45, 7) is 2.50. The molecule has 2 N–H and O–H groups in total. The molecule has 0 amide bonds. The topological polar surface area (TPSA) is 56.7 Å². The summed E-state index contributed by atoms with van der Waals surface area (Å²) in [6, 6.07) is 8.23. The van der Waals surface area contributed by atoms with E-state index < -0.39 is 0 Å². The Morgan fingerprint density at radius 1 is 1.21 bits per heavy atom. The Kier molecular flexibility index (Phi) is 2.67. The van der Waals surface area contributed by atoms with Gasteiger partial charge in [0.15, 0.2) is 5.65 Å². The second-order valence-electron chi connectivity index (χ2n) is 4.48. The number of pyridine rings is 1. The maximum Gasteiger partial charge on any atom is 0.202 e. The summed E-state index contributed by atoms with van der Waals surface area (Å²) in [7, 11) is 0. The van der Waals surface area contributed by atoms with Crippen molar-refractivity contribution in [2.45, 2.75) is 13.5 Å². The first-order valence-electron chi connectivity index (χ1n) is 5.97. The molecule has 0 fully saturated rings. The number of nitrogen functional groups attached to an aromatic ring is 1. The van der Waals surface area contributed by atoms with Crippen LogP contribution in [-0.4, -0.2) is 14.5 Å². The number of nitrogens with zero attached hydrogens (tertiary/aromatic N) is 3. The van der Waals surface area contributed by atoms with Gasteiger partial charge in [-0.25, -0.2) is 14.4 Å². The number of imidazole rings is 1. The molecule has 19 heavy (non-hydrogen) atoms. The summed E-state index contributed by atoms with van der Waals surface area (Å²) in [4.78, 5) is 8.65. The number of benzene rings is 1. The lowest BCUT2D eigenvalue weighted by Gasteiger charge is -2.06. The number of anilines is 1. The molecule has 3 aromatic rings. The van der Waals surface area contributed by atoms with Crippen LogP contribution in [0.4, 0.5) is 10.3 Å². The molecular weight excluding hydrogens is 243 g/mol. The Morgan fingerprint density at radius 2 is 1.95 bits per heavy atom. The fourth-order valence-corrected chi connectivity index (χ4v) is 2.08. The number of hydrogen-bond acceptors (Lipinski definition) is 3. The summed E-state index contributed by atoms with van der Waals surface area (Å²) < 4.78 is 14.7. The lowest BCUT2D eigenvalue weighted by Crippen LogP contribution is -2.05. The summed E-state index contributed by atoms with van der Waals surface area (Å²) in [5, 5.41) is 0. The molecule has 0 saturated heterocycles. The van der Waals surface area contributed by atoms with E-state index in [1.165, 1.54) is 12.1 Å². The zero-order valence-electron chi connectivity index (χ0n) is 10.5. The van der Waals surface area contributed by atoms with Gasteiger partial charge in [0, 0.05) is 6.20 Å². The molecule has 0 spiro atoms. The molecule has 96 valence electrons. The van der Waals surface area contributed by atoms with Crippen LogP contribution >= 0.6 is 0 Å². The highest BCUT2D eigenvalue weighted by molar-refractivity contribution is 5.77. The van der Waals surface area contributed by atoms with Crippen LogP contribution in [0.1, 0.15) is 11.1 Å². The van der Waals surface area contributed by atoms with Crippen molar-refractivity contribution in [2.75, 3.05) is 5.73 Å². The van der Waals surface area contributed by atoms with Crippen molar-refractivity contribution in [2.24, 2.45) is 0 Å². The van der Waals surface area contributed by atoms with E-state index in [0.717, 1.165) is 22.3 Å². The highest BCUT2D eigenvalue weighted by Gasteiger charge is 2.11. The quantitative estimate of drug-likeness (QED) is 0.766. The van der Waals surface area contributed by atoms with Crippen molar-refractivity contribution < 1.29 is 4.39 Å². The first-order chi connectivity index (χ1) is 9.15. The van der Waals surface area contributed by atoms with Gasteiger partial charge in [0.25, 0.3) is 0 Å². The molecule has 5 heteroatoms. The molecule has 3 rings (SSSR count). The van der Waals surface area contributed by atoms with Crippen LogP contribution < -0.4 is 5.73 Å². The Morgan fingerprint density at radius 3 is 2.68 bits per heavy atom. The van der Waals surface area contributed by atoms with E-state index in [0.29, 0.717) is 12.5 Å². The summed E-state index contributed by atoms with van der Waals surface area (Å²) in [6.07, 6.45) is 1.74. The fraction of sp³-hybridized carbons (Fsp3) is 0.143. The van der Waals surface area contributed by atoms with Gasteiger partial charge in [-0.05, 0) is 36.2 Å². The van der Waals surface area contributed by atoms with Crippen molar-refractivity contribution in [3.05, 3.63) is 53.5 Å². The van der Waals surface area contributed by atoms with Crippen LogP contribution in [0.15, 0.2) is 36.5 Å². The Hall–Kier alpha value is -2.43. The second-order valence-corrected chi connectivity index (χ2v) is 4.48. The number of nitrogens with two attached hydrogens (primary N) is 1. The molecular formula is C14H13FN4. The number of rotatable bonds is 2. The average Bonchev–Trinajstić information content (AvgIpc) is 2.71. The molecule has 0 saturated carbocycles. The average molecular weight is 256 g/mol. The molecule has 0 aliphatic heterocycles. The molecule has 2 aromatic heterocycles. The smallest absolute Gasteiger partial charge is 0.202 e. The van der Waals surface area contributed by atoms with Crippen LogP contribution in [0, 0.1) is 12.7 Å². The fourth-order valence-electron chi connectivity index (χ4n) is 2.08. The van der Waals surface area contributed by atoms with Crippen molar-refractivity contribution in [3.63, 3.8) is 0 Å².